The van der Waals surface area contributed by atoms with Crippen molar-refractivity contribution >= 4 is 15.9 Å². The van der Waals surface area contributed by atoms with Crippen LogP contribution in [0.1, 0.15) is 17.7 Å². The largest absolute Gasteiger partial charge is 0.534 e. The Morgan fingerprint density at radius 3 is 2.58 bits per heavy atom. The van der Waals surface area contributed by atoms with Gasteiger partial charge in [-0.2, -0.15) is 21.6 Å². The molecule has 104 valence electrons. The first-order valence-electron chi connectivity index (χ1n) is 5.06. The smallest absolute Gasteiger partial charge is 0.373 e. The summed E-state index contributed by atoms with van der Waals surface area (Å²) in [5, 5.41) is 0. The van der Waals surface area contributed by atoms with Gasteiger partial charge in [0.25, 0.3) is 0 Å². The maximum atomic E-state index is 13.5. The summed E-state index contributed by atoms with van der Waals surface area (Å²) in [4.78, 5) is 3.84. The second-order valence-corrected chi connectivity index (χ2v) is 5.25. The minimum absolute atomic E-state index is 0.0842. The van der Waals surface area contributed by atoms with Crippen molar-refractivity contribution < 1.29 is 30.2 Å². The Morgan fingerprint density at radius 1 is 1.26 bits per heavy atom. The van der Waals surface area contributed by atoms with Crippen LogP contribution < -0.4 is 0 Å². The highest BCUT2D eigenvalue weighted by molar-refractivity contribution is 7.87. The molecule has 0 bridgehead atoms. The predicted molar refractivity (Wildman–Crippen MR) is 56.6 cm³/mol. The third kappa shape index (κ3) is 2.55. The lowest BCUT2D eigenvalue weighted by molar-refractivity contribution is -0.0510. The van der Waals surface area contributed by atoms with Gasteiger partial charge < -0.3 is 4.18 Å². The summed E-state index contributed by atoms with van der Waals surface area (Å²) in [5.74, 6) is -1.99. The molecule has 0 N–H and O–H groups in total. The topological polar surface area (TPSA) is 56.3 Å². The van der Waals surface area contributed by atoms with Crippen LogP contribution in [0.15, 0.2) is 24.2 Å². The van der Waals surface area contributed by atoms with Crippen LogP contribution in [0, 0.1) is 0 Å². The van der Waals surface area contributed by atoms with E-state index in [0.717, 1.165) is 0 Å². The molecule has 1 heterocycles. The Labute approximate surface area is 105 Å². The van der Waals surface area contributed by atoms with Crippen LogP contribution in [0.4, 0.5) is 17.6 Å². The summed E-state index contributed by atoms with van der Waals surface area (Å²) in [5.41, 5.74) is -5.41. The third-order valence-corrected chi connectivity index (χ3v) is 3.39. The summed E-state index contributed by atoms with van der Waals surface area (Å²) in [6.07, 6.45) is 1.28. The molecule has 0 amide bonds. The molecule has 1 aliphatic rings. The molecular formula is C10H7F4NO3S. The second kappa shape index (κ2) is 4.48. The zero-order valence-corrected chi connectivity index (χ0v) is 10.1. The van der Waals surface area contributed by atoms with E-state index in [-0.39, 0.29) is 24.1 Å². The Balaban J connectivity index is 2.45. The van der Waals surface area contributed by atoms with Gasteiger partial charge in [0.1, 0.15) is 5.83 Å². The lowest BCUT2D eigenvalue weighted by atomic mass is 10.0. The van der Waals surface area contributed by atoms with Crippen LogP contribution in [-0.4, -0.2) is 18.9 Å². The van der Waals surface area contributed by atoms with Crippen molar-refractivity contribution in [2.24, 2.45) is 0 Å². The van der Waals surface area contributed by atoms with Gasteiger partial charge >= 0.3 is 15.6 Å². The van der Waals surface area contributed by atoms with E-state index in [4.69, 9.17) is 0 Å². The normalized spacial score (nSPS) is 16.2. The number of aryl methyl sites for hydroxylation is 1. The molecule has 1 aromatic rings. The zero-order valence-electron chi connectivity index (χ0n) is 9.24. The molecule has 4 nitrogen and oxygen atoms in total. The van der Waals surface area contributed by atoms with E-state index in [1.807, 2.05) is 0 Å². The predicted octanol–water partition coefficient (Wildman–Crippen LogP) is 2.53. The highest BCUT2D eigenvalue weighted by Gasteiger charge is 2.49. The lowest BCUT2D eigenvalue weighted by Gasteiger charge is -2.18. The molecular weight excluding hydrogens is 290 g/mol. The van der Waals surface area contributed by atoms with E-state index in [2.05, 4.69) is 9.17 Å². The summed E-state index contributed by atoms with van der Waals surface area (Å²) >= 11 is 0. The van der Waals surface area contributed by atoms with Crippen LogP contribution in [0.5, 0.6) is 0 Å². The van der Waals surface area contributed by atoms with Gasteiger partial charge in [-0.1, -0.05) is 0 Å². The molecule has 0 aliphatic heterocycles. The fourth-order valence-electron chi connectivity index (χ4n) is 1.58. The molecule has 1 aromatic heterocycles. The molecule has 0 saturated heterocycles. The van der Waals surface area contributed by atoms with Gasteiger partial charge in [-0.25, -0.2) is 4.39 Å². The summed E-state index contributed by atoms with van der Waals surface area (Å²) < 4.78 is 75.9. The maximum absolute atomic E-state index is 13.5. The van der Waals surface area contributed by atoms with E-state index in [1.54, 1.807) is 0 Å². The molecule has 0 atom stereocenters. The van der Waals surface area contributed by atoms with Gasteiger partial charge in [-0.15, -0.1) is 0 Å². The van der Waals surface area contributed by atoms with Crippen molar-refractivity contribution in [2.75, 3.05) is 0 Å². The average Bonchev–Trinajstić information content (AvgIpc) is 2.31. The molecule has 0 unspecified atom stereocenters. The minimum atomic E-state index is -5.90. The van der Waals surface area contributed by atoms with Crippen molar-refractivity contribution in [1.29, 1.82) is 0 Å². The number of halogens is 4. The number of nitrogens with zero attached hydrogens (tertiary/aromatic N) is 1. The van der Waals surface area contributed by atoms with Crippen molar-refractivity contribution in [1.82, 2.24) is 4.98 Å². The van der Waals surface area contributed by atoms with Crippen LogP contribution in [-0.2, 0) is 20.7 Å². The molecule has 0 radical (unpaired) electrons. The SMILES string of the molecule is O=S(=O)(OC1=C(F)CCc2ncccc21)C(F)(F)F. The molecule has 19 heavy (non-hydrogen) atoms. The fourth-order valence-corrected chi connectivity index (χ4v) is 2.07. The molecule has 1 aliphatic carbocycles. The van der Waals surface area contributed by atoms with Crippen molar-refractivity contribution in [3.05, 3.63) is 35.4 Å². The molecule has 2 rings (SSSR count). The minimum Gasteiger partial charge on any atom is -0.373 e. The molecule has 0 spiro atoms. The summed E-state index contributed by atoms with van der Waals surface area (Å²) in [6, 6.07) is 2.60. The van der Waals surface area contributed by atoms with Gasteiger partial charge in [0.05, 0.1) is 5.69 Å². The summed E-state index contributed by atoms with van der Waals surface area (Å²) in [6.45, 7) is 0. The monoisotopic (exact) mass is 297 g/mol. The van der Waals surface area contributed by atoms with E-state index >= 15 is 0 Å². The quantitative estimate of drug-likeness (QED) is 0.478. The number of pyridine rings is 1. The van der Waals surface area contributed by atoms with Crippen LogP contribution in [0.25, 0.3) is 5.76 Å². The maximum Gasteiger partial charge on any atom is 0.534 e. The highest BCUT2D eigenvalue weighted by Crippen LogP contribution is 2.36. The fraction of sp³-hybridized carbons (Fsp3) is 0.300. The Kier molecular flexibility index (Phi) is 3.25. The van der Waals surface area contributed by atoms with Crippen molar-refractivity contribution in [3.8, 4) is 0 Å². The molecule has 9 heteroatoms. The number of rotatable bonds is 2. The van der Waals surface area contributed by atoms with Gasteiger partial charge in [-0.05, 0) is 18.6 Å². The van der Waals surface area contributed by atoms with Gasteiger partial charge in [0.15, 0.2) is 5.76 Å². The van der Waals surface area contributed by atoms with Crippen molar-refractivity contribution in [3.63, 3.8) is 0 Å². The first-order chi connectivity index (χ1) is 8.72. The lowest BCUT2D eigenvalue weighted by Crippen LogP contribution is -2.26. The first-order valence-corrected chi connectivity index (χ1v) is 6.47. The van der Waals surface area contributed by atoms with Gasteiger partial charge in [0, 0.05) is 18.2 Å². The van der Waals surface area contributed by atoms with E-state index in [9.17, 15) is 26.0 Å². The van der Waals surface area contributed by atoms with E-state index in [0.29, 0.717) is 0 Å². The van der Waals surface area contributed by atoms with Crippen LogP contribution >= 0.6 is 0 Å². The van der Waals surface area contributed by atoms with Crippen LogP contribution in [0.2, 0.25) is 0 Å². The van der Waals surface area contributed by atoms with Gasteiger partial charge in [-0.3, -0.25) is 4.98 Å². The van der Waals surface area contributed by atoms with Crippen LogP contribution in [0.3, 0.4) is 0 Å². The molecule has 0 saturated carbocycles. The first kappa shape index (κ1) is 13.8. The average molecular weight is 297 g/mol. The Bertz CT molecular complexity index is 636. The number of fused-ring (bicyclic) bond motifs is 1. The summed E-state index contributed by atoms with van der Waals surface area (Å²) in [7, 11) is -5.90. The van der Waals surface area contributed by atoms with Gasteiger partial charge in [0.2, 0.25) is 0 Å². The van der Waals surface area contributed by atoms with E-state index in [1.165, 1.54) is 18.3 Å². The number of aromatic nitrogens is 1. The van der Waals surface area contributed by atoms with E-state index < -0.39 is 27.2 Å². The Morgan fingerprint density at radius 2 is 1.95 bits per heavy atom. The zero-order chi connectivity index (χ0) is 14.3. The Hall–Kier alpha value is -1.64. The highest BCUT2D eigenvalue weighted by atomic mass is 32.2. The second-order valence-electron chi connectivity index (χ2n) is 3.71. The third-order valence-electron chi connectivity index (χ3n) is 2.44. The number of hydrogen-bond acceptors (Lipinski definition) is 4. The van der Waals surface area contributed by atoms with Crippen molar-refractivity contribution in [2.45, 2.75) is 18.3 Å². The molecule has 0 aromatic carbocycles. The molecule has 0 fully saturated rings. The number of hydrogen-bond donors (Lipinski definition) is 0. The standard InChI is InChI=1S/C10H7F4NO3S/c11-7-3-4-8-6(2-1-5-15-8)9(7)18-19(16,17)10(12,13)14/h1-2,5H,3-4H2. The number of alkyl halides is 3. The number of allylic oxidation sites excluding steroid dienone is 1.